The molecule has 0 fully saturated rings. The number of amides is 1. The average Bonchev–Trinajstić information content (AvgIpc) is 2.44. The quantitative estimate of drug-likeness (QED) is 0.762. The zero-order valence-electron chi connectivity index (χ0n) is 12.5. The summed E-state index contributed by atoms with van der Waals surface area (Å²) in [5.41, 5.74) is 0. The SMILES string of the molecule is COc1ccccc1OCC(=O)N[C@H](CC(C)C)C(=O)O. The number of nitrogens with one attached hydrogen (secondary N) is 1. The first kappa shape index (κ1) is 16.8. The predicted octanol–water partition coefficient (Wildman–Crippen LogP) is 1.69. The Morgan fingerprint density at radius 1 is 1.24 bits per heavy atom. The Kier molecular flexibility index (Phi) is 6.52. The first-order valence-corrected chi connectivity index (χ1v) is 6.72. The third-order valence-corrected chi connectivity index (χ3v) is 2.77. The van der Waals surface area contributed by atoms with E-state index in [9.17, 15) is 9.59 Å². The summed E-state index contributed by atoms with van der Waals surface area (Å²) < 4.78 is 10.4. The van der Waals surface area contributed by atoms with Crippen LogP contribution in [0.3, 0.4) is 0 Å². The van der Waals surface area contributed by atoms with Gasteiger partial charge in [0.15, 0.2) is 18.1 Å². The molecule has 0 saturated carbocycles. The number of ether oxygens (including phenoxy) is 2. The zero-order valence-corrected chi connectivity index (χ0v) is 12.5. The molecule has 1 rings (SSSR count). The van der Waals surface area contributed by atoms with Crippen molar-refractivity contribution in [3.8, 4) is 11.5 Å². The van der Waals surface area contributed by atoms with Crippen LogP contribution in [0, 0.1) is 5.92 Å². The van der Waals surface area contributed by atoms with Crippen LogP contribution in [0.15, 0.2) is 24.3 Å². The summed E-state index contributed by atoms with van der Waals surface area (Å²) in [6.07, 6.45) is 0.371. The van der Waals surface area contributed by atoms with Crippen molar-refractivity contribution in [1.29, 1.82) is 0 Å². The number of carbonyl (C=O) groups is 2. The van der Waals surface area contributed by atoms with Crippen molar-refractivity contribution < 1.29 is 24.2 Å². The van der Waals surface area contributed by atoms with Gasteiger partial charge in [0.25, 0.3) is 5.91 Å². The molecular formula is C15H21NO5. The summed E-state index contributed by atoms with van der Waals surface area (Å²) in [5.74, 6) is -0.405. The number of para-hydroxylation sites is 2. The van der Waals surface area contributed by atoms with Gasteiger partial charge in [0.05, 0.1) is 7.11 Å². The van der Waals surface area contributed by atoms with Crippen LogP contribution in [-0.2, 0) is 9.59 Å². The molecule has 1 amide bonds. The monoisotopic (exact) mass is 295 g/mol. The van der Waals surface area contributed by atoms with Crippen LogP contribution in [-0.4, -0.2) is 36.7 Å². The van der Waals surface area contributed by atoms with Crippen LogP contribution in [0.5, 0.6) is 11.5 Å². The Morgan fingerprint density at radius 2 is 1.86 bits per heavy atom. The second-order valence-corrected chi connectivity index (χ2v) is 5.03. The van der Waals surface area contributed by atoms with Crippen molar-refractivity contribution in [1.82, 2.24) is 5.32 Å². The van der Waals surface area contributed by atoms with E-state index in [1.54, 1.807) is 24.3 Å². The highest BCUT2D eigenvalue weighted by Crippen LogP contribution is 2.25. The molecule has 116 valence electrons. The maximum Gasteiger partial charge on any atom is 0.326 e. The van der Waals surface area contributed by atoms with Gasteiger partial charge >= 0.3 is 5.97 Å². The Bertz CT molecular complexity index is 487. The molecule has 6 heteroatoms. The van der Waals surface area contributed by atoms with E-state index in [0.29, 0.717) is 17.9 Å². The number of methoxy groups -OCH3 is 1. The Labute approximate surface area is 124 Å². The summed E-state index contributed by atoms with van der Waals surface area (Å²) in [4.78, 5) is 22.8. The van der Waals surface area contributed by atoms with E-state index in [0.717, 1.165) is 0 Å². The van der Waals surface area contributed by atoms with Crippen molar-refractivity contribution in [2.24, 2.45) is 5.92 Å². The van der Waals surface area contributed by atoms with Crippen molar-refractivity contribution >= 4 is 11.9 Å². The maximum atomic E-state index is 11.8. The molecule has 1 aromatic carbocycles. The molecule has 0 spiro atoms. The third-order valence-electron chi connectivity index (χ3n) is 2.77. The van der Waals surface area contributed by atoms with E-state index in [-0.39, 0.29) is 12.5 Å². The van der Waals surface area contributed by atoms with Gasteiger partial charge in [0, 0.05) is 0 Å². The lowest BCUT2D eigenvalue weighted by atomic mass is 10.0. The van der Waals surface area contributed by atoms with Gasteiger partial charge in [-0.1, -0.05) is 26.0 Å². The lowest BCUT2D eigenvalue weighted by Crippen LogP contribution is -2.43. The second-order valence-electron chi connectivity index (χ2n) is 5.03. The molecule has 0 aliphatic rings. The first-order valence-electron chi connectivity index (χ1n) is 6.72. The molecule has 21 heavy (non-hydrogen) atoms. The number of benzene rings is 1. The standard InChI is InChI=1S/C15H21NO5/c1-10(2)8-11(15(18)19)16-14(17)9-21-13-7-5-4-6-12(13)20-3/h4-7,10-11H,8-9H2,1-3H3,(H,16,17)(H,18,19)/t11-/m1/s1. The van der Waals surface area contributed by atoms with Crippen LogP contribution < -0.4 is 14.8 Å². The van der Waals surface area contributed by atoms with Gasteiger partial charge in [-0.2, -0.15) is 0 Å². The van der Waals surface area contributed by atoms with E-state index in [1.165, 1.54) is 7.11 Å². The Balaban J connectivity index is 2.54. The van der Waals surface area contributed by atoms with Gasteiger partial charge in [-0.3, -0.25) is 4.79 Å². The molecule has 1 atom stereocenters. The minimum absolute atomic E-state index is 0.168. The smallest absolute Gasteiger partial charge is 0.326 e. The van der Waals surface area contributed by atoms with Gasteiger partial charge < -0.3 is 19.9 Å². The fraction of sp³-hybridized carbons (Fsp3) is 0.467. The van der Waals surface area contributed by atoms with Crippen molar-refractivity contribution in [2.75, 3.05) is 13.7 Å². The zero-order chi connectivity index (χ0) is 15.8. The van der Waals surface area contributed by atoms with Crippen LogP contribution in [0.1, 0.15) is 20.3 Å². The summed E-state index contributed by atoms with van der Waals surface area (Å²) >= 11 is 0. The first-order chi connectivity index (χ1) is 9.93. The number of hydrogen-bond donors (Lipinski definition) is 2. The lowest BCUT2D eigenvalue weighted by Gasteiger charge is -2.17. The highest BCUT2D eigenvalue weighted by Gasteiger charge is 2.21. The van der Waals surface area contributed by atoms with Gasteiger partial charge in [0.1, 0.15) is 6.04 Å². The van der Waals surface area contributed by atoms with Crippen LogP contribution in [0.4, 0.5) is 0 Å². The fourth-order valence-electron chi connectivity index (χ4n) is 1.81. The molecule has 0 aliphatic heterocycles. The minimum atomic E-state index is -1.05. The van der Waals surface area contributed by atoms with Crippen LogP contribution in [0.25, 0.3) is 0 Å². The topological polar surface area (TPSA) is 84.9 Å². The summed E-state index contributed by atoms with van der Waals surface area (Å²) in [5, 5.41) is 11.5. The van der Waals surface area contributed by atoms with Crippen LogP contribution >= 0.6 is 0 Å². The second kappa shape index (κ2) is 8.14. The molecule has 0 unspecified atom stereocenters. The molecule has 1 aromatic rings. The number of carboxylic acid groups (broad SMARTS) is 1. The van der Waals surface area contributed by atoms with Crippen molar-refractivity contribution in [2.45, 2.75) is 26.3 Å². The molecule has 6 nitrogen and oxygen atoms in total. The Morgan fingerprint density at radius 3 is 2.38 bits per heavy atom. The number of rotatable bonds is 8. The van der Waals surface area contributed by atoms with Gasteiger partial charge in [0.2, 0.25) is 0 Å². The summed E-state index contributed by atoms with van der Waals surface area (Å²) in [6, 6.07) is 6.03. The Hall–Kier alpha value is -2.24. The molecule has 0 radical (unpaired) electrons. The van der Waals surface area contributed by atoms with Gasteiger partial charge in [-0.25, -0.2) is 4.79 Å². The molecule has 0 saturated heterocycles. The van der Waals surface area contributed by atoms with Crippen molar-refractivity contribution in [3.05, 3.63) is 24.3 Å². The van der Waals surface area contributed by atoms with Crippen molar-refractivity contribution in [3.63, 3.8) is 0 Å². The minimum Gasteiger partial charge on any atom is -0.493 e. The number of hydrogen-bond acceptors (Lipinski definition) is 4. The fourth-order valence-corrected chi connectivity index (χ4v) is 1.81. The molecule has 0 aliphatic carbocycles. The van der Waals surface area contributed by atoms with Gasteiger partial charge in [-0.15, -0.1) is 0 Å². The van der Waals surface area contributed by atoms with E-state index in [2.05, 4.69) is 5.32 Å². The van der Waals surface area contributed by atoms with E-state index in [4.69, 9.17) is 14.6 Å². The lowest BCUT2D eigenvalue weighted by molar-refractivity contribution is -0.142. The molecule has 0 aromatic heterocycles. The maximum absolute atomic E-state index is 11.8. The molecule has 2 N–H and O–H groups in total. The number of carboxylic acids is 1. The third kappa shape index (κ3) is 5.72. The molecule has 0 bridgehead atoms. The highest BCUT2D eigenvalue weighted by atomic mass is 16.5. The number of aliphatic carboxylic acids is 1. The molecular weight excluding hydrogens is 274 g/mol. The highest BCUT2D eigenvalue weighted by molar-refractivity contribution is 5.84. The van der Waals surface area contributed by atoms with E-state index < -0.39 is 17.9 Å². The summed E-state index contributed by atoms with van der Waals surface area (Å²) in [6.45, 7) is 3.53. The molecule has 0 heterocycles. The largest absolute Gasteiger partial charge is 0.493 e. The van der Waals surface area contributed by atoms with E-state index >= 15 is 0 Å². The number of carbonyl (C=O) groups excluding carboxylic acids is 1. The summed E-state index contributed by atoms with van der Waals surface area (Å²) in [7, 11) is 1.51. The average molecular weight is 295 g/mol. The van der Waals surface area contributed by atoms with Crippen LogP contribution in [0.2, 0.25) is 0 Å². The van der Waals surface area contributed by atoms with Gasteiger partial charge in [-0.05, 0) is 24.5 Å². The predicted molar refractivity (Wildman–Crippen MR) is 77.5 cm³/mol. The van der Waals surface area contributed by atoms with E-state index in [1.807, 2.05) is 13.8 Å². The normalized spacial score (nSPS) is 11.8.